The van der Waals surface area contributed by atoms with E-state index in [4.69, 9.17) is 26.8 Å². The zero-order valence-electron chi connectivity index (χ0n) is 11.2. The number of methoxy groups -OCH3 is 1. The fraction of sp³-hybridized carbons (Fsp3) is 0.133. The Morgan fingerprint density at radius 3 is 2.76 bits per heavy atom. The molecule has 0 aliphatic heterocycles. The second-order valence-corrected chi connectivity index (χ2v) is 4.68. The first-order valence-electron chi connectivity index (χ1n) is 6.06. The summed E-state index contributed by atoms with van der Waals surface area (Å²) in [5.41, 5.74) is 6.63. The molecule has 0 heterocycles. The molecule has 2 N–H and O–H groups in total. The maximum Gasteiger partial charge on any atom is 0.342 e. The van der Waals surface area contributed by atoms with E-state index in [-0.39, 0.29) is 12.2 Å². The van der Waals surface area contributed by atoms with Crippen molar-refractivity contribution in [1.82, 2.24) is 0 Å². The van der Waals surface area contributed by atoms with Crippen LogP contribution in [0.1, 0.15) is 15.9 Å². The first-order chi connectivity index (χ1) is 10.0. The highest BCUT2D eigenvalue weighted by Crippen LogP contribution is 2.23. The van der Waals surface area contributed by atoms with Crippen molar-refractivity contribution in [3.8, 4) is 5.75 Å². The Morgan fingerprint density at radius 2 is 2.05 bits per heavy atom. The zero-order valence-corrected chi connectivity index (χ0v) is 12.0. The number of nitrogen functional groups attached to an aromatic ring is 1. The summed E-state index contributed by atoms with van der Waals surface area (Å²) in [7, 11) is 1.44. The van der Waals surface area contributed by atoms with Gasteiger partial charge in [-0.25, -0.2) is 9.18 Å². The summed E-state index contributed by atoms with van der Waals surface area (Å²) < 4.78 is 23.3. The number of hydrogen-bond donors (Lipinski definition) is 1. The van der Waals surface area contributed by atoms with Gasteiger partial charge in [0.15, 0.2) is 0 Å². The third-order valence-corrected chi connectivity index (χ3v) is 3.18. The molecule has 0 fully saturated rings. The predicted octanol–water partition coefficient (Wildman–Crippen LogP) is 3.43. The smallest absolute Gasteiger partial charge is 0.342 e. The zero-order chi connectivity index (χ0) is 15.4. The summed E-state index contributed by atoms with van der Waals surface area (Å²) in [5.74, 6) is -0.731. The molecule has 110 valence electrons. The van der Waals surface area contributed by atoms with Gasteiger partial charge >= 0.3 is 5.97 Å². The minimum atomic E-state index is -0.625. The molecule has 0 unspecified atom stereocenters. The molecule has 4 nitrogen and oxygen atoms in total. The molecule has 0 spiro atoms. The van der Waals surface area contributed by atoms with Gasteiger partial charge in [-0.3, -0.25) is 0 Å². The molecule has 0 aliphatic carbocycles. The van der Waals surface area contributed by atoms with E-state index in [1.807, 2.05) is 0 Å². The number of carbonyl (C=O) groups is 1. The quantitative estimate of drug-likeness (QED) is 0.694. The van der Waals surface area contributed by atoms with Gasteiger partial charge in [0.25, 0.3) is 0 Å². The van der Waals surface area contributed by atoms with Crippen LogP contribution >= 0.6 is 11.6 Å². The second kappa shape index (κ2) is 6.45. The van der Waals surface area contributed by atoms with Crippen LogP contribution in [0.5, 0.6) is 5.75 Å². The fourth-order valence-electron chi connectivity index (χ4n) is 1.76. The van der Waals surface area contributed by atoms with Crippen molar-refractivity contribution in [2.75, 3.05) is 12.8 Å². The van der Waals surface area contributed by atoms with Gasteiger partial charge in [-0.2, -0.15) is 0 Å². The largest absolute Gasteiger partial charge is 0.496 e. The van der Waals surface area contributed by atoms with Crippen molar-refractivity contribution >= 4 is 23.3 Å². The van der Waals surface area contributed by atoms with E-state index in [9.17, 15) is 9.18 Å². The van der Waals surface area contributed by atoms with Crippen molar-refractivity contribution in [2.45, 2.75) is 6.61 Å². The number of hydrogen-bond acceptors (Lipinski definition) is 4. The van der Waals surface area contributed by atoms with E-state index in [0.717, 1.165) is 0 Å². The summed E-state index contributed by atoms with van der Waals surface area (Å²) >= 11 is 5.91. The highest BCUT2D eigenvalue weighted by molar-refractivity contribution is 6.31. The molecular formula is C15H13ClFNO3. The summed E-state index contributed by atoms with van der Waals surface area (Å²) in [6.07, 6.45) is 0. The van der Waals surface area contributed by atoms with Gasteiger partial charge in [-0.1, -0.05) is 11.6 Å². The van der Waals surface area contributed by atoms with E-state index in [2.05, 4.69) is 0 Å². The number of ether oxygens (including phenoxy) is 2. The van der Waals surface area contributed by atoms with Crippen LogP contribution in [-0.4, -0.2) is 13.1 Å². The lowest BCUT2D eigenvalue weighted by Crippen LogP contribution is -2.08. The van der Waals surface area contributed by atoms with Crippen LogP contribution in [0.4, 0.5) is 10.1 Å². The number of anilines is 1. The van der Waals surface area contributed by atoms with Gasteiger partial charge in [-0.15, -0.1) is 0 Å². The van der Waals surface area contributed by atoms with E-state index in [1.54, 1.807) is 12.1 Å². The highest BCUT2D eigenvalue weighted by atomic mass is 35.5. The van der Waals surface area contributed by atoms with Gasteiger partial charge in [0, 0.05) is 16.3 Å². The monoisotopic (exact) mass is 309 g/mol. The molecule has 6 heteroatoms. The maximum atomic E-state index is 13.1. The molecule has 0 aliphatic rings. The summed E-state index contributed by atoms with van der Waals surface area (Å²) in [6.45, 7) is -0.145. The van der Waals surface area contributed by atoms with E-state index >= 15 is 0 Å². The van der Waals surface area contributed by atoms with Crippen molar-refractivity contribution in [3.63, 3.8) is 0 Å². The molecule has 2 aromatic rings. The van der Waals surface area contributed by atoms with Gasteiger partial charge in [0.2, 0.25) is 0 Å². The normalized spacial score (nSPS) is 10.2. The highest BCUT2D eigenvalue weighted by Gasteiger charge is 2.15. The van der Waals surface area contributed by atoms with Crippen LogP contribution in [0.15, 0.2) is 36.4 Å². The second-order valence-electron chi connectivity index (χ2n) is 4.27. The molecule has 0 amide bonds. The van der Waals surface area contributed by atoms with Gasteiger partial charge < -0.3 is 15.2 Å². The Hall–Kier alpha value is -2.27. The molecule has 0 bridgehead atoms. The molecule has 0 saturated heterocycles. The Labute approximate surface area is 126 Å². The van der Waals surface area contributed by atoms with Crippen molar-refractivity contribution in [1.29, 1.82) is 0 Å². The lowest BCUT2D eigenvalue weighted by Gasteiger charge is -2.10. The molecular weight excluding hydrogens is 297 g/mol. The van der Waals surface area contributed by atoms with Crippen molar-refractivity contribution in [2.24, 2.45) is 0 Å². The Kier molecular flexibility index (Phi) is 4.65. The van der Waals surface area contributed by atoms with Crippen LogP contribution in [0.3, 0.4) is 0 Å². The van der Waals surface area contributed by atoms with E-state index < -0.39 is 11.8 Å². The third-order valence-electron chi connectivity index (χ3n) is 2.81. The fourth-order valence-corrected chi connectivity index (χ4v) is 1.93. The molecule has 2 rings (SSSR count). The first kappa shape index (κ1) is 15.1. The molecule has 0 saturated carbocycles. The molecule has 0 atom stereocenters. The maximum absolute atomic E-state index is 13.1. The van der Waals surface area contributed by atoms with Crippen LogP contribution in [0.2, 0.25) is 5.02 Å². The minimum absolute atomic E-state index is 0.145. The van der Waals surface area contributed by atoms with Crippen LogP contribution < -0.4 is 10.5 Å². The summed E-state index contributed by atoms with van der Waals surface area (Å²) in [6, 6.07) is 8.48. The van der Waals surface area contributed by atoms with Gasteiger partial charge in [0.1, 0.15) is 23.7 Å². The SMILES string of the molecule is COc1ccc(N)cc1C(=O)OCc1cc(F)ccc1Cl. The number of esters is 1. The Morgan fingerprint density at radius 1 is 1.29 bits per heavy atom. The average Bonchev–Trinajstić information content (AvgIpc) is 2.47. The lowest BCUT2D eigenvalue weighted by molar-refractivity contribution is 0.0469. The van der Waals surface area contributed by atoms with Gasteiger partial charge in [-0.05, 0) is 36.4 Å². The Bertz CT molecular complexity index is 676. The lowest BCUT2D eigenvalue weighted by atomic mass is 10.2. The average molecular weight is 310 g/mol. The topological polar surface area (TPSA) is 61.5 Å². The molecule has 0 aromatic heterocycles. The molecule has 2 aromatic carbocycles. The minimum Gasteiger partial charge on any atom is -0.496 e. The standard InChI is InChI=1S/C15H13ClFNO3/c1-20-14-5-3-11(18)7-12(14)15(19)21-8-9-6-10(17)2-4-13(9)16/h2-7H,8,18H2,1H3. The number of rotatable bonds is 4. The van der Waals surface area contributed by atoms with Crippen molar-refractivity contribution in [3.05, 3.63) is 58.4 Å². The predicted molar refractivity (Wildman–Crippen MR) is 77.9 cm³/mol. The van der Waals surface area contributed by atoms with Crippen molar-refractivity contribution < 1.29 is 18.7 Å². The first-order valence-corrected chi connectivity index (χ1v) is 6.43. The van der Waals surface area contributed by atoms with Gasteiger partial charge in [0.05, 0.1) is 7.11 Å². The number of benzene rings is 2. The van der Waals surface area contributed by atoms with E-state index in [0.29, 0.717) is 22.0 Å². The summed E-state index contributed by atoms with van der Waals surface area (Å²) in [5, 5.41) is 0.323. The number of halogens is 2. The summed E-state index contributed by atoms with van der Waals surface area (Å²) in [4.78, 5) is 12.1. The van der Waals surface area contributed by atoms with Crippen LogP contribution in [-0.2, 0) is 11.3 Å². The van der Waals surface area contributed by atoms with E-state index in [1.165, 1.54) is 31.4 Å². The number of nitrogens with two attached hydrogens (primary N) is 1. The van der Waals surface area contributed by atoms with Crippen LogP contribution in [0.25, 0.3) is 0 Å². The molecule has 0 radical (unpaired) electrons. The molecule has 21 heavy (non-hydrogen) atoms. The Balaban J connectivity index is 2.15. The van der Waals surface area contributed by atoms with Crippen LogP contribution in [0, 0.1) is 5.82 Å². The third kappa shape index (κ3) is 3.64. The number of carbonyl (C=O) groups excluding carboxylic acids is 1.